The van der Waals surface area contributed by atoms with Crippen molar-refractivity contribution in [1.82, 2.24) is 0 Å². The van der Waals surface area contributed by atoms with Crippen LogP contribution in [0.2, 0.25) is 5.02 Å². The monoisotopic (exact) mass is 368 g/mol. The summed E-state index contributed by atoms with van der Waals surface area (Å²) in [7, 11) is 0. The first-order valence-corrected chi connectivity index (χ1v) is 7.64. The number of halogens is 3. The number of hydrogen-bond acceptors (Lipinski definition) is 2. The normalized spacial score (nSPS) is 12.9. The van der Waals surface area contributed by atoms with Crippen LogP contribution in [0.4, 0.5) is 4.39 Å². The van der Waals surface area contributed by atoms with Gasteiger partial charge in [-0.1, -0.05) is 17.7 Å². The highest BCUT2D eigenvalue weighted by atomic mass is 79.9. The van der Waals surface area contributed by atoms with Crippen molar-refractivity contribution >= 4 is 33.3 Å². The first kappa shape index (κ1) is 14.5. The van der Waals surface area contributed by atoms with E-state index >= 15 is 0 Å². The smallest absolute Gasteiger partial charge is 0.171 e. The van der Waals surface area contributed by atoms with Gasteiger partial charge in [-0.2, -0.15) is 0 Å². The first-order valence-electron chi connectivity index (χ1n) is 6.47. The van der Waals surface area contributed by atoms with Gasteiger partial charge in [-0.15, -0.1) is 0 Å². The molecular weight excluding hydrogens is 359 g/mol. The highest BCUT2D eigenvalue weighted by molar-refractivity contribution is 9.10. The van der Waals surface area contributed by atoms with Crippen molar-refractivity contribution in [2.75, 3.05) is 6.61 Å². The molecule has 0 atom stereocenters. The Labute approximate surface area is 135 Å². The molecule has 0 unspecified atom stereocenters. The summed E-state index contributed by atoms with van der Waals surface area (Å²) < 4.78 is 19.9. The molecule has 2 aromatic carbocycles. The number of rotatable bonds is 3. The largest absolute Gasteiger partial charge is 0.493 e. The van der Waals surface area contributed by atoms with Crippen LogP contribution >= 0.6 is 27.5 Å². The van der Waals surface area contributed by atoms with E-state index in [2.05, 4.69) is 15.9 Å². The molecule has 21 heavy (non-hydrogen) atoms. The number of Topliss-reactive ketones (excluding diaryl/α,β-unsaturated/α-hetero) is 1. The molecule has 0 spiro atoms. The number of fused-ring (bicyclic) bond motifs is 1. The zero-order valence-electron chi connectivity index (χ0n) is 11.0. The average Bonchev–Trinajstić information content (AvgIpc) is 2.86. The van der Waals surface area contributed by atoms with Gasteiger partial charge < -0.3 is 4.74 Å². The predicted molar refractivity (Wildman–Crippen MR) is 82.8 cm³/mol. The Morgan fingerprint density at radius 2 is 2.19 bits per heavy atom. The van der Waals surface area contributed by atoms with E-state index in [1.54, 1.807) is 18.2 Å². The second kappa shape index (κ2) is 5.78. The van der Waals surface area contributed by atoms with E-state index in [1.807, 2.05) is 6.07 Å². The van der Waals surface area contributed by atoms with Crippen LogP contribution in [0.1, 0.15) is 21.5 Å². The molecular formula is C16H11BrClFO2. The van der Waals surface area contributed by atoms with Crippen LogP contribution in [0.5, 0.6) is 5.75 Å². The second-order valence-electron chi connectivity index (χ2n) is 4.85. The quantitative estimate of drug-likeness (QED) is 0.739. The van der Waals surface area contributed by atoms with E-state index in [0.29, 0.717) is 27.4 Å². The lowest BCUT2D eigenvalue weighted by Crippen LogP contribution is -2.08. The van der Waals surface area contributed by atoms with Crippen molar-refractivity contribution in [2.45, 2.75) is 12.8 Å². The van der Waals surface area contributed by atoms with Crippen LogP contribution in [0.3, 0.4) is 0 Å². The molecule has 3 rings (SSSR count). The van der Waals surface area contributed by atoms with Crippen molar-refractivity contribution in [3.8, 4) is 5.75 Å². The lowest BCUT2D eigenvalue weighted by molar-refractivity contribution is 0.0987. The summed E-state index contributed by atoms with van der Waals surface area (Å²) in [6.45, 7) is 0.584. The standard InChI is InChI=1S/C16H11BrClFO2/c17-12-2-1-3-13(19)15(12)14(20)8-10-7-11(18)6-9-4-5-21-16(9)10/h1-3,6-7H,4-5,8H2. The van der Waals surface area contributed by atoms with E-state index in [-0.39, 0.29) is 17.8 Å². The van der Waals surface area contributed by atoms with Gasteiger partial charge in [-0.25, -0.2) is 4.39 Å². The molecule has 5 heteroatoms. The zero-order valence-corrected chi connectivity index (χ0v) is 13.3. The summed E-state index contributed by atoms with van der Waals surface area (Å²) >= 11 is 9.29. The molecule has 1 heterocycles. The summed E-state index contributed by atoms with van der Waals surface area (Å²) in [5.41, 5.74) is 1.76. The molecule has 0 N–H and O–H groups in total. The van der Waals surface area contributed by atoms with Crippen LogP contribution in [-0.2, 0) is 12.8 Å². The molecule has 1 aliphatic rings. The fourth-order valence-corrected chi connectivity index (χ4v) is 3.33. The molecule has 108 valence electrons. The van der Waals surface area contributed by atoms with Crippen LogP contribution in [0.15, 0.2) is 34.8 Å². The molecule has 0 fully saturated rings. The third kappa shape index (κ3) is 2.83. The molecule has 0 radical (unpaired) electrons. The van der Waals surface area contributed by atoms with Crippen molar-refractivity contribution < 1.29 is 13.9 Å². The lowest BCUT2D eigenvalue weighted by Gasteiger charge is -2.10. The van der Waals surface area contributed by atoms with Crippen molar-refractivity contribution in [2.24, 2.45) is 0 Å². The molecule has 0 aliphatic carbocycles. The van der Waals surface area contributed by atoms with Crippen LogP contribution < -0.4 is 4.74 Å². The first-order chi connectivity index (χ1) is 10.1. The predicted octanol–water partition coefficient (Wildman–Crippen LogP) is 4.60. The highest BCUT2D eigenvalue weighted by Crippen LogP contribution is 2.34. The number of ether oxygens (including phenoxy) is 1. The highest BCUT2D eigenvalue weighted by Gasteiger charge is 2.22. The number of carbonyl (C=O) groups is 1. The van der Waals surface area contributed by atoms with E-state index in [9.17, 15) is 9.18 Å². The Morgan fingerprint density at radius 3 is 2.95 bits per heavy atom. The van der Waals surface area contributed by atoms with Gasteiger partial charge in [-0.3, -0.25) is 4.79 Å². The van der Waals surface area contributed by atoms with E-state index in [0.717, 1.165) is 12.0 Å². The molecule has 2 aromatic rings. The lowest BCUT2D eigenvalue weighted by atomic mass is 9.99. The number of carbonyl (C=O) groups excluding carboxylic acids is 1. The Hall–Kier alpha value is -1.39. The molecule has 0 saturated carbocycles. The van der Waals surface area contributed by atoms with Crippen LogP contribution in [0, 0.1) is 5.82 Å². The van der Waals surface area contributed by atoms with Crippen molar-refractivity contribution in [3.05, 3.63) is 62.3 Å². The Morgan fingerprint density at radius 1 is 1.38 bits per heavy atom. The number of hydrogen-bond donors (Lipinski definition) is 0. The van der Waals surface area contributed by atoms with Gasteiger partial charge >= 0.3 is 0 Å². The fraction of sp³-hybridized carbons (Fsp3) is 0.188. The average molecular weight is 370 g/mol. The zero-order chi connectivity index (χ0) is 15.0. The van der Waals surface area contributed by atoms with Gasteiger partial charge in [0.2, 0.25) is 0 Å². The minimum atomic E-state index is -0.533. The van der Waals surface area contributed by atoms with Gasteiger partial charge in [0.15, 0.2) is 5.78 Å². The molecule has 2 nitrogen and oxygen atoms in total. The van der Waals surface area contributed by atoms with E-state index in [1.165, 1.54) is 6.07 Å². The van der Waals surface area contributed by atoms with E-state index < -0.39 is 5.82 Å². The van der Waals surface area contributed by atoms with Crippen molar-refractivity contribution in [3.63, 3.8) is 0 Å². The summed E-state index contributed by atoms with van der Waals surface area (Å²) in [6, 6.07) is 8.03. The summed E-state index contributed by atoms with van der Waals surface area (Å²) in [5.74, 6) is -0.130. The molecule has 0 amide bonds. The maximum atomic E-state index is 13.8. The number of ketones is 1. The maximum absolute atomic E-state index is 13.8. The SMILES string of the molecule is O=C(Cc1cc(Cl)cc2c1OCC2)c1c(F)cccc1Br. The summed E-state index contributed by atoms with van der Waals surface area (Å²) in [4.78, 5) is 12.4. The maximum Gasteiger partial charge on any atom is 0.171 e. The van der Waals surface area contributed by atoms with Gasteiger partial charge in [0, 0.05) is 27.9 Å². The summed E-state index contributed by atoms with van der Waals surface area (Å²) in [5, 5.41) is 0.564. The van der Waals surface area contributed by atoms with Gasteiger partial charge in [0.05, 0.1) is 12.2 Å². The minimum Gasteiger partial charge on any atom is -0.493 e. The van der Waals surface area contributed by atoms with Gasteiger partial charge in [0.1, 0.15) is 11.6 Å². The Balaban J connectivity index is 1.96. The summed E-state index contributed by atoms with van der Waals surface area (Å²) in [6.07, 6.45) is 0.836. The third-order valence-corrected chi connectivity index (χ3v) is 4.30. The Bertz CT molecular complexity index is 710. The van der Waals surface area contributed by atoms with Crippen LogP contribution in [0.25, 0.3) is 0 Å². The molecule has 0 aromatic heterocycles. The molecule has 0 saturated heterocycles. The minimum absolute atomic E-state index is 0.0580. The molecule has 0 bridgehead atoms. The van der Waals surface area contributed by atoms with Gasteiger partial charge in [0.25, 0.3) is 0 Å². The van der Waals surface area contributed by atoms with Gasteiger partial charge in [-0.05, 0) is 45.8 Å². The Kier molecular flexibility index (Phi) is 4.00. The topological polar surface area (TPSA) is 26.3 Å². The van der Waals surface area contributed by atoms with Crippen molar-refractivity contribution in [1.29, 1.82) is 0 Å². The number of benzene rings is 2. The molecule has 1 aliphatic heterocycles. The second-order valence-corrected chi connectivity index (χ2v) is 6.14. The van der Waals surface area contributed by atoms with E-state index in [4.69, 9.17) is 16.3 Å². The third-order valence-electron chi connectivity index (χ3n) is 3.42. The van der Waals surface area contributed by atoms with Crippen LogP contribution in [-0.4, -0.2) is 12.4 Å². The fourth-order valence-electron chi connectivity index (χ4n) is 2.50.